The summed E-state index contributed by atoms with van der Waals surface area (Å²) >= 11 is 6.50. The number of carbonyl (C=O) groups is 2. The van der Waals surface area contributed by atoms with Crippen LogP contribution < -0.4 is 30.9 Å². The molecule has 5 heterocycles. The average molecular weight is 959 g/mol. The molecule has 0 saturated carbocycles. The van der Waals surface area contributed by atoms with Gasteiger partial charge in [0, 0.05) is 80.9 Å². The van der Waals surface area contributed by atoms with Gasteiger partial charge >= 0.3 is 0 Å². The number of benzene rings is 3. The van der Waals surface area contributed by atoms with Gasteiger partial charge in [0.25, 0.3) is 0 Å². The number of rotatable bonds is 17. The number of halogens is 2. The molecule has 17 heteroatoms. The van der Waals surface area contributed by atoms with E-state index in [0.717, 1.165) is 106 Å². The molecule has 1 atom stereocenters. The lowest BCUT2D eigenvalue weighted by molar-refractivity contribution is -0.136. The zero-order valence-electron chi connectivity index (χ0n) is 38.2. The van der Waals surface area contributed by atoms with E-state index in [-0.39, 0.29) is 30.6 Å². The second kappa shape index (κ2) is 22.2. The van der Waals surface area contributed by atoms with Crippen molar-refractivity contribution in [2.24, 2.45) is 0 Å². The van der Waals surface area contributed by atoms with E-state index in [0.29, 0.717) is 52.9 Å². The molecule has 3 aromatic carbocycles. The van der Waals surface area contributed by atoms with Crippen LogP contribution in [0.1, 0.15) is 74.5 Å². The average Bonchev–Trinajstić information content (AvgIpc) is 3.69. The predicted molar refractivity (Wildman–Crippen MR) is 267 cm³/mol. The number of piperazine rings is 1. The number of nitrogens with zero attached hydrogens (tertiary/aromatic N) is 6. The Hall–Kier alpha value is -4.94. The smallest absolute Gasteiger partial charge is 0.249 e. The molecular weight excluding hydrogens is 896 g/mol. The summed E-state index contributed by atoms with van der Waals surface area (Å²) in [4.78, 5) is 55.0. The van der Waals surface area contributed by atoms with E-state index in [1.54, 1.807) is 26.6 Å². The molecule has 4 aliphatic rings. The molecule has 4 aliphatic heterocycles. The summed E-state index contributed by atoms with van der Waals surface area (Å²) in [7, 11) is -0.873. The summed E-state index contributed by atoms with van der Waals surface area (Å²) in [5.74, 6) is 2.97. The van der Waals surface area contributed by atoms with E-state index < -0.39 is 13.2 Å². The molecule has 2 amide bonds. The molecule has 1 unspecified atom stereocenters. The SMILES string of the molecule is COc1cc(N2CCC(N3CCN(CCCCCCCc4cccc5c4CN(C4CCC(=O)NC4=O)C5=C=O)CC3)CC2)ccc1Nc1ncc(Cl)c(Nc2ccccc2P(C)(C)=O)n1.Cl. The lowest BCUT2D eigenvalue weighted by atomic mass is 9.97. The van der Waals surface area contributed by atoms with Gasteiger partial charge in [-0.05, 0) is 93.8 Å². The Balaban J connectivity index is 0.00000648. The number of para-hydroxylation sites is 1. The highest BCUT2D eigenvalue weighted by atomic mass is 35.5. The topological polar surface area (TPSA) is 152 Å². The Morgan fingerprint density at radius 1 is 0.894 bits per heavy atom. The van der Waals surface area contributed by atoms with Crippen LogP contribution in [0.5, 0.6) is 5.75 Å². The number of piperidine rings is 2. The second-order valence-corrected chi connectivity index (χ2v) is 21.6. The molecule has 66 heavy (non-hydrogen) atoms. The summed E-state index contributed by atoms with van der Waals surface area (Å²) < 4.78 is 18.8. The number of aromatic nitrogens is 2. The van der Waals surface area contributed by atoms with Crippen LogP contribution in [0.4, 0.5) is 28.8 Å². The minimum Gasteiger partial charge on any atom is -0.494 e. The number of hydrogen-bond donors (Lipinski definition) is 3. The molecule has 14 nitrogen and oxygen atoms in total. The van der Waals surface area contributed by atoms with Crippen molar-refractivity contribution in [1.82, 2.24) is 30.0 Å². The molecule has 3 N–H and O–H groups in total. The van der Waals surface area contributed by atoms with Gasteiger partial charge in [0.2, 0.25) is 17.8 Å². The summed E-state index contributed by atoms with van der Waals surface area (Å²) in [6.07, 6.45) is 11.3. The number of hydrogen-bond acceptors (Lipinski definition) is 13. The van der Waals surface area contributed by atoms with Crippen LogP contribution in [-0.2, 0) is 31.9 Å². The minimum absolute atomic E-state index is 0. The third-order valence-corrected chi connectivity index (χ3v) is 15.2. The van der Waals surface area contributed by atoms with Gasteiger partial charge in [0.05, 0.1) is 24.7 Å². The number of anilines is 5. The first-order chi connectivity index (χ1) is 31.5. The highest BCUT2D eigenvalue weighted by molar-refractivity contribution is 7.70. The summed E-state index contributed by atoms with van der Waals surface area (Å²) in [5, 5.41) is 10.1. The third-order valence-electron chi connectivity index (χ3n) is 13.4. The highest BCUT2D eigenvalue weighted by Crippen LogP contribution is 2.40. The van der Waals surface area contributed by atoms with E-state index in [9.17, 15) is 18.9 Å². The van der Waals surface area contributed by atoms with Gasteiger partial charge in [-0.2, -0.15) is 4.98 Å². The van der Waals surface area contributed by atoms with E-state index in [4.69, 9.17) is 16.3 Å². The number of carbonyl (C=O) groups excluding carboxylic acids is 3. The zero-order valence-corrected chi connectivity index (χ0v) is 40.7. The molecule has 1 aromatic heterocycles. The molecule has 0 spiro atoms. The number of nitrogens with one attached hydrogen (secondary N) is 3. The number of amides is 2. The Labute approximate surface area is 399 Å². The number of methoxy groups -OCH3 is 1. The van der Waals surface area contributed by atoms with Gasteiger partial charge in [-0.3, -0.25) is 19.8 Å². The van der Waals surface area contributed by atoms with Crippen molar-refractivity contribution in [3.05, 3.63) is 88.6 Å². The molecule has 0 aliphatic carbocycles. The van der Waals surface area contributed by atoms with Crippen molar-refractivity contribution < 1.29 is 23.7 Å². The maximum Gasteiger partial charge on any atom is 0.249 e. The number of aryl methyl sites for hydroxylation is 1. The fourth-order valence-electron chi connectivity index (χ4n) is 9.86. The van der Waals surface area contributed by atoms with Crippen LogP contribution in [0.25, 0.3) is 5.70 Å². The first-order valence-corrected chi connectivity index (χ1v) is 26.0. The number of unbranched alkanes of at least 4 members (excludes halogenated alkanes) is 4. The largest absolute Gasteiger partial charge is 0.494 e. The molecule has 3 saturated heterocycles. The van der Waals surface area contributed by atoms with E-state index in [1.165, 1.54) is 24.8 Å². The van der Waals surface area contributed by atoms with Gasteiger partial charge in [0.15, 0.2) is 11.8 Å². The van der Waals surface area contributed by atoms with Crippen molar-refractivity contribution in [1.29, 1.82) is 0 Å². The normalized spacial score (nSPS) is 18.4. The molecule has 8 rings (SSSR count). The van der Waals surface area contributed by atoms with Crippen molar-refractivity contribution in [3.63, 3.8) is 0 Å². The van der Waals surface area contributed by atoms with Crippen LogP contribution >= 0.6 is 31.1 Å². The first-order valence-electron chi connectivity index (χ1n) is 23.1. The number of fused-ring (bicyclic) bond motifs is 1. The van der Waals surface area contributed by atoms with Crippen LogP contribution in [0.15, 0.2) is 66.9 Å². The van der Waals surface area contributed by atoms with Gasteiger partial charge in [-0.15, -0.1) is 12.4 Å². The Morgan fingerprint density at radius 3 is 2.39 bits per heavy atom. The molecule has 0 radical (unpaired) electrons. The summed E-state index contributed by atoms with van der Waals surface area (Å²) in [6.45, 7) is 11.6. The maximum absolute atomic E-state index is 12.9. The molecule has 3 fully saturated rings. The summed E-state index contributed by atoms with van der Waals surface area (Å²) in [5.41, 5.74) is 6.21. The van der Waals surface area contributed by atoms with E-state index in [1.807, 2.05) is 47.4 Å². The monoisotopic (exact) mass is 957 g/mol. The van der Waals surface area contributed by atoms with Gasteiger partial charge in [0.1, 0.15) is 29.7 Å². The van der Waals surface area contributed by atoms with Gasteiger partial charge < -0.3 is 34.6 Å². The Kier molecular flexibility index (Phi) is 16.5. The molecule has 352 valence electrons. The van der Waals surface area contributed by atoms with E-state index in [2.05, 4.69) is 64.8 Å². The van der Waals surface area contributed by atoms with Gasteiger partial charge in [-0.25, -0.2) is 9.78 Å². The lowest BCUT2D eigenvalue weighted by Crippen LogP contribution is -2.53. The standard InChI is InChI=1S/C49H61ClN9O5P.ClH/c1-64-44-30-36(17-18-40(44)53-49-51-31-39(50)47(55-49)52-41-15-8-9-16-45(41)65(2,3)63)57-24-21-35(22-25-57)58-28-26-56(27-29-58)23-10-6-4-5-7-12-34-13-11-14-37-38(34)32-59(43(37)33-60)42-19-20-46(61)54-48(42)62;/h8-9,11,13-18,30-31,35,42H,4-7,10,12,19-29,32H2,1-3H3,(H,54,61,62)(H2,51,52,53,55);1H. The third kappa shape index (κ3) is 11.6. The second-order valence-electron chi connectivity index (χ2n) is 18.0. The van der Waals surface area contributed by atoms with Crippen molar-refractivity contribution >= 4 is 88.7 Å². The quantitative estimate of drug-likeness (QED) is 0.0408. The lowest BCUT2D eigenvalue weighted by Gasteiger charge is -2.43. The van der Waals surface area contributed by atoms with Crippen LogP contribution in [0.2, 0.25) is 5.02 Å². The minimum atomic E-state index is -2.54. The van der Waals surface area contributed by atoms with Crippen LogP contribution in [-0.4, -0.2) is 121 Å². The Bertz CT molecular complexity index is 2470. The van der Waals surface area contributed by atoms with Crippen LogP contribution in [0, 0.1) is 0 Å². The number of ether oxygens (including phenoxy) is 1. The first kappa shape index (κ1) is 49.0. The van der Waals surface area contributed by atoms with Crippen molar-refractivity contribution in [2.75, 3.05) is 81.8 Å². The predicted octanol–water partition coefficient (Wildman–Crippen LogP) is 7.87. The number of imide groups is 1. The van der Waals surface area contributed by atoms with Crippen molar-refractivity contribution in [3.8, 4) is 5.75 Å². The summed E-state index contributed by atoms with van der Waals surface area (Å²) in [6, 6.07) is 19.8. The fraction of sp³-hybridized carbons (Fsp3) is 0.469. The maximum atomic E-state index is 12.9. The Morgan fingerprint density at radius 2 is 1.65 bits per heavy atom. The van der Waals surface area contributed by atoms with Crippen molar-refractivity contribution in [2.45, 2.75) is 82.8 Å². The molecule has 4 aromatic rings. The van der Waals surface area contributed by atoms with Gasteiger partial charge in [-0.1, -0.05) is 61.2 Å². The van der Waals surface area contributed by atoms with E-state index >= 15 is 0 Å². The highest BCUT2D eigenvalue weighted by Gasteiger charge is 2.38. The zero-order chi connectivity index (χ0) is 45.5. The molecule has 0 bridgehead atoms. The fourth-order valence-corrected chi connectivity index (χ4v) is 11.1. The van der Waals surface area contributed by atoms with Crippen LogP contribution in [0.3, 0.4) is 0 Å². The molecular formula is C49H62Cl2N9O5P.